The van der Waals surface area contributed by atoms with E-state index in [1.165, 1.54) is 24.0 Å². The van der Waals surface area contributed by atoms with Crippen LogP contribution in [0.25, 0.3) is 0 Å². The first-order valence-corrected chi connectivity index (χ1v) is 6.68. The molecule has 1 unspecified atom stereocenters. The zero-order chi connectivity index (χ0) is 12.3. The second kappa shape index (κ2) is 5.65. The maximum atomic E-state index is 3.37. The molecule has 1 aliphatic rings. The highest BCUT2D eigenvalue weighted by Crippen LogP contribution is 2.29. The molecule has 2 nitrogen and oxygen atoms in total. The topological polar surface area (TPSA) is 15.3 Å². The molecular formula is C15H24N2. The molecule has 1 fully saturated rings. The lowest BCUT2D eigenvalue weighted by Gasteiger charge is -2.39. The molecule has 1 aromatic carbocycles. The number of nitrogens with zero attached hydrogens (tertiary/aromatic N) is 1. The molecular weight excluding hydrogens is 208 g/mol. The van der Waals surface area contributed by atoms with Crippen LogP contribution in [0.1, 0.15) is 30.5 Å². The van der Waals surface area contributed by atoms with Gasteiger partial charge in [-0.2, -0.15) is 0 Å². The Labute approximate surface area is 105 Å². The predicted molar refractivity (Wildman–Crippen MR) is 73.2 cm³/mol. The van der Waals surface area contributed by atoms with E-state index in [0.717, 1.165) is 19.0 Å². The monoisotopic (exact) mass is 232 g/mol. The minimum atomic E-state index is 0.562. The van der Waals surface area contributed by atoms with Gasteiger partial charge in [-0.05, 0) is 31.6 Å². The normalized spacial score (nSPS) is 18.1. The van der Waals surface area contributed by atoms with Gasteiger partial charge in [-0.25, -0.2) is 0 Å². The van der Waals surface area contributed by atoms with E-state index in [9.17, 15) is 0 Å². The molecule has 17 heavy (non-hydrogen) atoms. The van der Waals surface area contributed by atoms with E-state index < -0.39 is 0 Å². The minimum absolute atomic E-state index is 0.562. The molecule has 1 heterocycles. The highest BCUT2D eigenvalue weighted by atomic mass is 15.1. The largest absolute Gasteiger partial charge is 0.316 e. The standard InChI is InChI=1S/C15H24N2/c1-4-5-12-6-8-13(9-7-12)15(17(2)3)14-10-16-11-14/h6-9,14-16H,4-5,10-11H2,1-3H3. The van der Waals surface area contributed by atoms with Crippen molar-refractivity contribution in [3.63, 3.8) is 0 Å². The van der Waals surface area contributed by atoms with Crippen molar-refractivity contribution in [2.75, 3.05) is 27.2 Å². The van der Waals surface area contributed by atoms with Gasteiger partial charge >= 0.3 is 0 Å². The van der Waals surface area contributed by atoms with Crippen LogP contribution in [0.4, 0.5) is 0 Å². The van der Waals surface area contributed by atoms with Crippen LogP contribution in [0, 0.1) is 5.92 Å². The maximum Gasteiger partial charge on any atom is 0.0394 e. The Bertz CT molecular complexity index is 338. The molecule has 0 saturated carbocycles. The van der Waals surface area contributed by atoms with Crippen molar-refractivity contribution in [2.45, 2.75) is 25.8 Å². The van der Waals surface area contributed by atoms with Crippen LogP contribution < -0.4 is 5.32 Å². The predicted octanol–water partition coefficient (Wildman–Crippen LogP) is 2.46. The third-order valence-corrected chi connectivity index (χ3v) is 3.68. The van der Waals surface area contributed by atoms with Crippen molar-refractivity contribution in [2.24, 2.45) is 5.92 Å². The fourth-order valence-electron chi connectivity index (χ4n) is 2.70. The molecule has 1 aliphatic heterocycles. The Morgan fingerprint density at radius 3 is 2.29 bits per heavy atom. The van der Waals surface area contributed by atoms with E-state index in [1.807, 2.05) is 0 Å². The van der Waals surface area contributed by atoms with Crippen LogP contribution in [0.3, 0.4) is 0 Å². The summed E-state index contributed by atoms with van der Waals surface area (Å²) >= 11 is 0. The van der Waals surface area contributed by atoms with Crippen molar-refractivity contribution in [3.8, 4) is 0 Å². The Morgan fingerprint density at radius 2 is 1.88 bits per heavy atom. The Kier molecular flexibility index (Phi) is 4.19. The van der Waals surface area contributed by atoms with Crippen molar-refractivity contribution >= 4 is 0 Å². The van der Waals surface area contributed by atoms with Gasteiger partial charge in [-0.15, -0.1) is 0 Å². The average Bonchev–Trinajstić information content (AvgIpc) is 2.24. The van der Waals surface area contributed by atoms with Gasteiger partial charge in [0.25, 0.3) is 0 Å². The van der Waals surface area contributed by atoms with Crippen LogP contribution in [-0.4, -0.2) is 32.1 Å². The van der Waals surface area contributed by atoms with Gasteiger partial charge in [0.05, 0.1) is 0 Å². The number of rotatable bonds is 5. The smallest absolute Gasteiger partial charge is 0.0394 e. The van der Waals surface area contributed by atoms with Crippen LogP contribution in [0.5, 0.6) is 0 Å². The van der Waals surface area contributed by atoms with Gasteiger partial charge < -0.3 is 10.2 Å². The van der Waals surface area contributed by atoms with Crippen LogP contribution in [0.2, 0.25) is 0 Å². The van der Waals surface area contributed by atoms with Gasteiger partial charge in [-0.3, -0.25) is 0 Å². The van der Waals surface area contributed by atoms with Crippen LogP contribution >= 0.6 is 0 Å². The van der Waals surface area contributed by atoms with Crippen molar-refractivity contribution in [3.05, 3.63) is 35.4 Å². The van der Waals surface area contributed by atoms with Gasteiger partial charge in [-0.1, -0.05) is 37.6 Å². The van der Waals surface area contributed by atoms with E-state index in [-0.39, 0.29) is 0 Å². The molecule has 94 valence electrons. The lowest BCUT2D eigenvalue weighted by Crippen LogP contribution is -2.48. The van der Waals surface area contributed by atoms with Gasteiger partial charge in [0.1, 0.15) is 0 Å². The summed E-state index contributed by atoms with van der Waals surface area (Å²) in [6.07, 6.45) is 2.42. The molecule has 2 heteroatoms. The molecule has 0 aromatic heterocycles. The number of hydrogen-bond acceptors (Lipinski definition) is 2. The highest BCUT2D eigenvalue weighted by molar-refractivity contribution is 5.26. The minimum Gasteiger partial charge on any atom is -0.316 e. The summed E-state index contributed by atoms with van der Waals surface area (Å²) in [5, 5.41) is 3.37. The van der Waals surface area contributed by atoms with Crippen molar-refractivity contribution in [1.82, 2.24) is 10.2 Å². The Morgan fingerprint density at radius 1 is 1.24 bits per heavy atom. The summed E-state index contributed by atoms with van der Waals surface area (Å²) in [7, 11) is 4.37. The molecule has 1 saturated heterocycles. The third kappa shape index (κ3) is 2.88. The van der Waals surface area contributed by atoms with E-state index in [4.69, 9.17) is 0 Å². The van der Waals surface area contributed by atoms with Gasteiger partial charge in [0.15, 0.2) is 0 Å². The Balaban J connectivity index is 2.12. The number of aryl methyl sites for hydroxylation is 1. The first-order valence-electron chi connectivity index (χ1n) is 6.68. The highest BCUT2D eigenvalue weighted by Gasteiger charge is 2.29. The van der Waals surface area contributed by atoms with Crippen molar-refractivity contribution in [1.29, 1.82) is 0 Å². The zero-order valence-corrected chi connectivity index (χ0v) is 11.2. The van der Waals surface area contributed by atoms with Crippen molar-refractivity contribution < 1.29 is 0 Å². The first-order chi connectivity index (χ1) is 8.22. The van der Waals surface area contributed by atoms with Gasteiger partial charge in [0, 0.05) is 25.0 Å². The summed E-state index contributed by atoms with van der Waals surface area (Å²) in [5.41, 5.74) is 2.92. The van der Waals surface area contributed by atoms with E-state index in [2.05, 4.69) is 55.5 Å². The summed E-state index contributed by atoms with van der Waals surface area (Å²) in [6, 6.07) is 9.78. The van der Waals surface area contributed by atoms with E-state index in [1.54, 1.807) is 0 Å². The first kappa shape index (κ1) is 12.6. The molecule has 1 aromatic rings. The molecule has 1 N–H and O–H groups in total. The second-order valence-corrected chi connectivity index (χ2v) is 5.32. The quantitative estimate of drug-likeness (QED) is 0.839. The summed E-state index contributed by atoms with van der Waals surface area (Å²) in [4.78, 5) is 2.35. The molecule has 0 bridgehead atoms. The molecule has 0 spiro atoms. The van der Waals surface area contributed by atoms with Crippen LogP contribution in [0.15, 0.2) is 24.3 Å². The summed E-state index contributed by atoms with van der Waals surface area (Å²) in [5.74, 6) is 0.766. The van der Waals surface area contributed by atoms with Crippen LogP contribution in [-0.2, 0) is 6.42 Å². The SMILES string of the molecule is CCCc1ccc(C(C2CNC2)N(C)C)cc1. The molecule has 0 radical (unpaired) electrons. The molecule has 2 rings (SSSR count). The number of nitrogens with one attached hydrogen (secondary N) is 1. The fourth-order valence-corrected chi connectivity index (χ4v) is 2.70. The second-order valence-electron chi connectivity index (χ2n) is 5.32. The molecule has 0 amide bonds. The maximum absolute atomic E-state index is 3.37. The zero-order valence-electron chi connectivity index (χ0n) is 11.2. The Hall–Kier alpha value is -0.860. The van der Waals surface area contributed by atoms with Gasteiger partial charge in [0.2, 0.25) is 0 Å². The third-order valence-electron chi connectivity index (χ3n) is 3.68. The summed E-state index contributed by atoms with van der Waals surface area (Å²) < 4.78 is 0. The number of benzene rings is 1. The van der Waals surface area contributed by atoms with E-state index >= 15 is 0 Å². The molecule has 0 aliphatic carbocycles. The molecule has 1 atom stereocenters. The number of hydrogen-bond donors (Lipinski definition) is 1. The fraction of sp³-hybridized carbons (Fsp3) is 0.600. The summed E-state index contributed by atoms with van der Waals surface area (Å²) in [6.45, 7) is 4.54. The lowest BCUT2D eigenvalue weighted by atomic mass is 9.87. The lowest BCUT2D eigenvalue weighted by molar-refractivity contribution is 0.161. The van der Waals surface area contributed by atoms with E-state index in [0.29, 0.717) is 6.04 Å². The average molecular weight is 232 g/mol.